The highest BCUT2D eigenvalue weighted by Crippen LogP contribution is 2.43. The number of carbonyl (C=O) groups is 1. The predicted octanol–water partition coefficient (Wildman–Crippen LogP) is 3.22. The first-order valence-corrected chi connectivity index (χ1v) is 10.0. The lowest BCUT2D eigenvalue weighted by atomic mass is 9.64. The number of carbonyl (C=O) groups excluding carboxylic acids is 1. The zero-order valence-electron chi connectivity index (χ0n) is 17.6. The molecule has 1 fully saturated rings. The van der Waals surface area contributed by atoms with Crippen molar-refractivity contribution in [1.82, 2.24) is 16.0 Å². The summed E-state index contributed by atoms with van der Waals surface area (Å²) in [5.74, 6) is 1.37. The third kappa shape index (κ3) is 6.35. The molecule has 3 rings (SSSR count). The van der Waals surface area contributed by atoms with E-state index in [2.05, 4.69) is 45.2 Å². The highest BCUT2D eigenvalue weighted by atomic mass is 127. The van der Waals surface area contributed by atoms with Gasteiger partial charge in [-0.3, -0.25) is 9.79 Å². The van der Waals surface area contributed by atoms with Gasteiger partial charge in [-0.15, -0.1) is 24.0 Å². The number of nitrogens with zero attached hydrogens (tertiary/aromatic N) is 1. The fourth-order valence-corrected chi connectivity index (χ4v) is 3.61. The lowest BCUT2D eigenvalue weighted by Gasteiger charge is -2.43. The summed E-state index contributed by atoms with van der Waals surface area (Å²) in [4.78, 5) is 16.4. The quantitative estimate of drug-likeness (QED) is 0.283. The van der Waals surface area contributed by atoms with E-state index in [-0.39, 0.29) is 41.8 Å². The van der Waals surface area contributed by atoms with Crippen molar-refractivity contribution >= 4 is 35.8 Å². The summed E-state index contributed by atoms with van der Waals surface area (Å²) in [7, 11) is 3.36. The fraction of sp³-hybridized carbons (Fsp3) is 0.391. The molecule has 1 saturated carbocycles. The Balaban J connectivity index is 0.00000320. The summed E-state index contributed by atoms with van der Waals surface area (Å²) in [5, 5.41) is 9.41. The molecule has 0 aromatic heterocycles. The van der Waals surface area contributed by atoms with Gasteiger partial charge in [-0.1, -0.05) is 48.9 Å². The topological polar surface area (TPSA) is 74.8 Å². The standard InChI is InChI=1S/C23H30N4O2.HI/c1-24-22(27-17-23(13-6-14-23)19-7-4-3-5-8-19)26-16-21(28)25-15-18-9-11-20(29-2)12-10-18;/h3-5,7-12H,6,13-17H2,1-2H3,(H,25,28)(H2,24,26,27);1H. The number of nitrogens with one attached hydrogen (secondary N) is 3. The molecule has 30 heavy (non-hydrogen) atoms. The Morgan fingerprint density at radius 3 is 2.30 bits per heavy atom. The van der Waals surface area contributed by atoms with Gasteiger partial charge in [-0.2, -0.15) is 0 Å². The predicted molar refractivity (Wildman–Crippen MR) is 132 cm³/mol. The second kappa shape index (κ2) is 11.8. The number of benzene rings is 2. The normalized spacial score (nSPS) is 14.7. The molecule has 0 heterocycles. The van der Waals surface area contributed by atoms with E-state index in [9.17, 15) is 4.79 Å². The van der Waals surface area contributed by atoms with Crippen LogP contribution in [-0.2, 0) is 16.8 Å². The van der Waals surface area contributed by atoms with Crippen LogP contribution in [-0.4, -0.2) is 39.1 Å². The van der Waals surface area contributed by atoms with Crippen LogP contribution in [0.4, 0.5) is 0 Å². The number of hydrogen-bond donors (Lipinski definition) is 3. The number of halogens is 1. The van der Waals surface area contributed by atoms with Crippen LogP contribution in [0.2, 0.25) is 0 Å². The summed E-state index contributed by atoms with van der Waals surface area (Å²) in [6.45, 7) is 1.46. The fourth-order valence-electron chi connectivity index (χ4n) is 3.61. The van der Waals surface area contributed by atoms with Crippen molar-refractivity contribution in [1.29, 1.82) is 0 Å². The summed E-state index contributed by atoms with van der Waals surface area (Å²) in [5.41, 5.74) is 2.55. The molecule has 1 aliphatic rings. The molecule has 0 spiro atoms. The average Bonchev–Trinajstić information content (AvgIpc) is 2.74. The molecule has 0 aliphatic heterocycles. The lowest BCUT2D eigenvalue weighted by molar-refractivity contribution is -0.120. The molecule has 1 amide bonds. The molecule has 2 aromatic carbocycles. The van der Waals surface area contributed by atoms with Crippen LogP contribution in [0, 0.1) is 0 Å². The van der Waals surface area contributed by atoms with Crippen LogP contribution in [0.25, 0.3) is 0 Å². The third-order valence-corrected chi connectivity index (χ3v) is 5.58. The second-order valence-electron chi connectivity index (χ2n) is 7.40. The zero-order chi connectivity index (χ0) is 20.5. The number of ether oxygens (including phenoxy) is 1. The van der Waals surface area contributed by atoms with Crippen molar-refractivity contribution < 1.29 is 9.53 Å². The maximum atomic E-state index is 12.2. The SMILES string of the molecule is CN=C(NCC(=O)NCc1ccc(OC)cc1)NCC1(c2ccccc2)CCC1.I. The van der Waals surface area contributed by atoms with Gasteiger partial charge >= 0.3 is 0 Å². The number of rotatable bonds is 8. The smallest absolute Gasteiger partial charge is 0.239 e. The number of methoxy groups -OCH3 is 1. The van der Waals surface area contributed by atoms with Crippen molar-refractivity contribution in [3.63, 3.8) is 0 Å². The molecular formula is C23H31IN4O2. The Labute approximate surface area is 195 Å². The Morgan fingerprint density at radius 2 is 1.73 bits per heavy atom. The molecule has 6 nitrogen and oxygen atoms in total. The number of aliphatic imine (C=N–C) groups is 1. The van der Waals surface area contributed by atoms with E-state index in [1.165, 1.54) is 24.8 Å². The molecule has 162 valence electrons. The van der Waals surface area contributed by atoms with Gasteiger partial charge in [-0.25, -0.2) is 0 Å². The molecule has 1 aliphatic carbocycles. The first-order valence-electron chi connectivity index (χ1n) is 10.0. The van der Waals surface area contributed by atoms with Gasteiger partial charge in [0.05, 0.1) is 13.7 Å². The lowest BCUT2D eigenvalue weighted by Crippen LogP contribution is -2.50. The first kappa shape index (κ1) is 24.0. The summed E-state index contributed by atoms with van der Waals surface area (Å²) in [6, 6.07) is 18.3. The molecule has 0 unspecified atom stereocenters. The van der Waals surface area contributed by atoms with Crippen LogP contribution in [0.5, 0.6) is 5.75 Å². The minimum absolute atomic E-state index is 0. The Bertz CT molecular complexity index is 821. The minimum atomic E-state index is -0.0785. The van der Waals surface area contributed by atoms with Crippen LogP contribution in [0.3, 0.4) is 0 Å². The van der Waals surface area contributed by atoms with Crippen LogP contribution >= 0.6 is 24.0 Å². The number of hydrogen-bond acceptors (Lipinski definition) is 3. The average molecular weight is 522 g/mol. The molecule has 0 radical (unpaired) electrons. The minimum Gasteiger partial charge on any atom is -0.497 e. The summed E-state index contributed by atoms with van der Waals surface area (Å²) >= 11 is 0. The number of guanidine groups is 1. The third-order valence-electron chi connectivity index (χ3n) is 5.58. The van der Waals surface area contributed by atoms with E-state index in [0.29, 0.717) is 12.5 Å². The van der Waals surface area contributed by atoms with Gasteiger partial charge in [0.2, 0.25) is 5.91 Å². The van der Waals surface area contributed by atoms with E-state index < -0.39 is 0 Å². The molecule has 3 N–H and O–H groups in total. The Kier molecular flexibility index (Phi) is 9.42. The van der Waals surface area contributed by atoms with Crippen molar-refractivity contribution in [3.8, 4) is 5.75 Å². The van der Waals surface area contributed by atoms with Gasteiger partial charge in [0.1, 0.15) is 5.75 Å². The van der Waals surface area contributed by atoms with Gasteiger partial charge in [0.15, 0.2) is 5.96 Å². The van der Waals surface area contributed by atoms with Crippen LogP contribution in [0.1, 0.15) is 30.4 Å². The Morgan fingerprint density at radius 1 is 1.03 bits per heavy atom. The molecule has 0 atom stereocenters. The number of amides is 1. The monoisotopic (exact) mass is 522 g/mol. The van der Waals surface area contributed by atoms with Crippen molar-refractivity contribution in [2.45, 2.75) is 31.2 Å². The van der Waals surface area contributed by atoms with Gasteiger partial charge in [0, 0.05) is 25.6 Å². The summed E-state index contributed by atoms with van der Waals surface area (Å²) < 4.78 is 5.14. The van der Waals surface area contributed by atoms with E-state index in [1.54, 1.807) is 14.2 Å². The highest BCUT2D eigenvalue weighted by Gasteiger charge is 2.38. The van der Waals surface area contributed by atoms with Crippen LogP contribution < -0.4 is 20.7 Å². The van der Waals surface area contributed by atoms with Crippen molar-refractivity contribution in [2.24, 2.45) is 4.99 Å². The van der Waals surface area contributed by atoms with Crippen LogP contribution in [0.15, 0.2) is 59.6 Å². The molecule has 0 bridgehead atoms. The molecule has 2 aromatic rings. The van der Waals surface area contributed by atoms with E-state index in [4.69, 9.17) is 4.74 Å². The molecule has 7 heteroatoms. The molecular weight excluding hydrogens is 491 g/mol. The van der Waals surface area contributed by atoms with Gasteiger partial charge < -0.3 is 20.7 Å². The van der Waals surface area contributed by atoms with E-state index in [0.717, 1.165) is 17.9 Å². The Hall–Kier alpha value is -2.29. The van der Waals surface area contributed by atoms with Crippen molar-refractivity contribution in [3.05, 3.63) is 65.7 Å². The van der Waals surface area contributed by atoms with E-state index in [1.807, 2.05) is 30.3 Å². The van der Waals surface area contributed by atoms with E-state index >= 15 is 0 Å². The second-order valence-corrected chi connectivity index (χ2v) is 7.40. The highest BCUT2D eigenvalue weighted by molar-refractivity contribution is 14.0. The largest absolute Gasteiger partial charge is 0.497 e. The van der Waals surface area contributed by atoms with Crippen molar-refractivity contribution in [2.75, 3.05) is 27.2 Å². The van der Waals surface area contributed by atoms with Gasteiger partial charge in [-0.05, 0) is 36.1 Å². The summed E-state index contributed by atoms with van der Waals surface area (Å²) in [6.07, 6.45) is 3.59. The molecule has 0 saturated heterocycles. The maximum absolute atomic E-state index is 12.2. The first-order chi connectivity index (χ1) is 14.1. The zero-order valence-corrected chi connectivity index (χ0v) is 19.9. The maximum Gasteiger partial charge on any atom is 0.239 e. The van der Waals surface area contributed by atoms with Gasteiger partial charge in [0.25, 0.3) is 0 Å².